The normalized spacial score (nSPS) is 10.8. The van der Waals surface area contributed by atoms with Crippen LogP contribution in [0, 0.1) is 6.92 Å². The van der Waals surface area contributed by atoms with E-state index in [2.05, 4.69) is 5.32 Å². The molecule has 5 nitrogen and oxygen atoms in total. The maximum atomic E-state index is 12.4. The van der Waals surface area contributed by atoms with Crippen LogP contribution in [0.15, 0.2) is 31.3 Å². The highest BCUT2D eigenvalue weighted by Crippen LogP contribution is 2.38. The van der Waals surface area contributed by atoms with Crippen LogP contribution in [-0.2, 0) is 0 Å². The van der Waals surface area contributed by atoms with Crippen LogP contribution < -0.4 is 16.6 Å². The van der Waals surface area contributed by atoms with E-state index in [4.69, 9.17) is 43.8 Å². The van der Waals surface area contributed by atoms with Gasteiger partial charge in [-0.1, -0.05) is 0 Å². The molecule has 0 aliphatic carbocycles. The SMILES string of the molecule is Cc1cc(NC(=S)N(C)N)c(SCl)c2c(=O)cc(SCl)oc12. The first-order valence-electron chi connectivity index (χ1n) is 5.87. The van der Waals surface area contributed by atoms with Gasteiger partial charge in [0.2, 0.25) is 0 Å². The maximum absolute atomic E-state index is 12.4. The molecule has 1 heterocycles. The van der Waals surface area contributed by atoms with Crippen LogP contribution in [0.25, 0.3) is 11.0 Å². The minimum absolute atomic E-state index is 0.230. The quantitative estimate of drug-likeness (QED) is 0.457. The smallest absolute Gasteiger partial charge is 0.195 e. The summed E-state index contributed by atoms with van der Waals surface area (Å²) in [4.78, 5) is 12.9. The molecule has 0 saturated heterocycles. The van der Waals surface area contributed by atoms with E-state index < -0.39 is 0 Å². The molecule has 0 unspecified atom stereocenters. The number of anilines is 1. The van der Waals surface area contributed by atoms with Crippen molar-refractivity contribution in [3.8, 4) is 0 Å². The molecule has 22 heavy (non-hydrogen) atoms. The van der Waals surface area contributed by atoms with E-state index in [1.807, 2.05) is 6.92 Å². The molecule has 1 aromatic carbocycles. The van der Waals surface area contributed by atoms with Crippen molar-refractivity contribution in [2.45, 2.75) is 16.9 Å². The number of rotatable bonds is 3. The molecule has 118 valence electrons. The Morgan fingerprint density at radius 3 is 2.64 bits per heavy atom. The highest BCUT2D eigenvalue weighted by atomic mass is 35.7. The summed E-state index contributed by atoms with van der Waals surface area (Å²) in [6, 6.07) is 3.11. The molecule has 0 saturated carbocycles. The van der Waals surface area contributed by atoms with E-state index in [9.17, 15) is 4.79 Å². The van der Waals surface area contributed by atoms with Crippen LogP contribution in [0.5, 0.6) is 0 Å². The lowest BCUT2D eigenvalue weighted by molar-refractivity contribution is 0.499. The molecule has 0 aliphatic heterocycles. The molecule has 0 radical (unpaired) electrons. The summed E-state index contributed by atoms with van der Waals surface area (Å²) in [6.45, 7) is 1.82. The average molecular weight is 396 g/mol. The minimum atomic E-state index is -0.230. The topological polar surface area (TPSA) is 71.5 Å². The second-order valence-electron chi connectivity index (χ2n) is 4.40. The van der Waals surface area contributed by atoms with Crippen LogP contribution in [0.1, 0.15) is 5.56 Å². The fraction of sp³-hybridized carbons (Fsp3) is 0.167. The first-order valence-corrected chi connectivity index (χ1v) is 9.56. The summed E-state index contributed by atoms with van der Waals surface area (Å²) in [5, 5.41) is 5.22. The number of benzene rings is 1. The standard InChI is InChI=1S/C12H11Cl2N3O2S3/c1-5-3-6(16-12(20)17(2)15)11(22-14)9-7(18)4-8(21-13)19-10(5)9/h3-4H,15H2,1-2H3,(H,16,20). The van der Waals surface area contributed by atoms with E-state index in [1.165, 1.54) is 11.1 Å². The molecule has 3 N–H and O–H groups in total. The number of nitrogens with one attached hydrogen (secondary N) is 1. The summed E-state index contributed by atoms with van der Waals surface area (Å²) in [5.74, 6) is 5.59. The van der Waals surface area contributed by atoms with Gasteiger partial charge in [0, 0.05) is 24.1 Å². The zero-order valence-electron chi connectivity index (χ0n) is 11.5. The molecule has 0 amide bonds. The van der Waals surface area contributed by atoms with Gasteiger partial charge in [-0.15, -0.1) is 0 Å². The van der Waals surface area contributed by atoms with Gasteiger partial charge in [-0.3, -0.25) is 9.80 Å². The number of nitrogens with zero attached hydrogens (tertiary/aromatic N) is 1. The van der Waals surface area contributed by atoms with Crippen LogP contribution >= 0.6 is 55.5 Å². The Bertz CT molecular complexity index is 795. The Kier molecular flexibility index (Phi) is 5.87. The van der Waals surface area contributed by atoms with Crippen molar-refractivity contribution in [1.82, 2.24) is 5.01 Å². The number of nitrogens with two attached hydrogens (primary N) is 1. The zero-order valence-corrected chi connectivity index (χ0v) is 15.4. The van der Waals surface area contributed by atoms with Gasteiger partial charge < -0.3 is 9.73 Å². The lowest BCUT2D eigenvalue weighted by Crippen LogP contribution is -2.36. The third-order valence-electron chi connectivity index (χ3n) is 2.83. The molecule has 2 rings (SSSR count). The minimum Gasteiger partial charge on any atom is -0.448 e. The van der Waals surface area contributed by atoms with Gasteiger partial charge >= 0.3 is 0 Å². The van der Waals surface area contributed by atoms with E-state index in [-0.39, 0.29) is 5.43 Å². The highest BCUT2D eigenvalue weighted by Gasteiger charge is 2.18. The van der Waals surface area contributed by atoms with Crippen LogP contribution in [0.4, 0.5) is 5.69 Å². The molecular formula is C12H11Cl2N3O2S3. The maximum Gasteiger partial charge on any atom is 0.195 e. The number of halogens is 2. The van der Waals surface area contributed by atoms with Crippen molar-refractivity contribution in [1.29, 1.82) is 0 Å². The third kappa shape index (κ3) is 3.47. The third-order valence-corrected chi connectivity index (χ3v) is 5.07. The second kappa shape index (κ2) is 7.29. The van der Waals surface area contributed by atoms with Crippen molar-refractivity contribution in [3.05, 3.63) is 27.9 Å². The molecular weight excluding hydrogens is 385 g/mol. The molecule has 1 aromatic heterocycles. The summed E-state index contributed by atoms with van der Waals surface area (Å²) in [5.41, 5.74) is 1.55. The van der Waals surface area contributed by atoms with Gasteiger partial charge in [0.05, 0.1) is 16.0 Å². The average Bonchev–Trinajstić information content (AvgIpc) is 2.47. The first-order chi connectivity index (χ1) is 10.4. The summed E-state index contributed by atoms with van der Waals surface area (Å²) >= 11 is 5.12. The number of thiocarbonyl (C=S) groups is 1. The van der Waals surface area contributed by atoms with E-state index in [0.29, 0.717) is 31.8 Å². The van der Waals surface area contributed by atoms with E-state index >= 15 is 0 Å². The molecule has 0 spiro atoms. The molecule has 0 bridgehead atoms. The van der Waals surface area contributed by atoms with Crippen LogP contribution in [-0.4, -0.2) is 17.2 Å². The number of aryl methyl sites for hydroxylation is 1. The Labute approximate surface area is 149 Å². The van der Waals surface area contributed by atoms with Crippen molar-refractivity contribution in [3.63, 3.8) is 0 Å². The van der Waals surface area contributed by atoms with Crippen molar-refractivity contribution in [2.75, 3.05) is 12.4 Å². The molecule has 0 fully saturated rings. The largest absolute Gasteiger partial charge is 0.448 e. The predicted molar refractivity (Wildman–Crippen MR) is 98.8 cm³/mol. The van der Waals surface area contributed by atoms with E-state index in [0.717, 1.165) is 27.5 Å². The zero-order chi connectivity index (χ0) is 16.4. The first kappa shape index (κ1) is 17.7. The summed E-state index contributed by atoms with van der Waals surface area (Å²) in [7, 11) is 15.0. The molecule has 0 atom stereocenters. The Hall–Kier alpha value is -0.640. The summed E-state index contributed by atoms with van der Waals surface area (Å²) < 4.78 is 5.64. The lowest BCUT2D eigenvalue weighted by atomic mass is 10.1. The van der Waals surface area contributed by atoms with Gasteiger partial charge in [-0.05, 0) is 63.1 Å². The predicted octanol–water partition coefficient (Wildman–Crippen LogP) is 4.10. The monoisotopic (exact) mass is 395 g/mol. The van der Waals surface area contributed by atoms with Gasteiger partial charge in [-0.25, -0.2) is 5.84 Å². The Balaban J connectivity index is 2.73. The van der Waals surface area contributed by atoms with Gasteiger partial charge in [-0.2, -0.15) is 0 Å². The number of fused-ring (bicyclic) bond motifs is 1. The highest BCUT2D eigenvalue weighted by molar-refractivity contribution is 8.21. The molecule has 10 heteroatoms. The van der Waals surface area contributed by atoms with Gasteiger partial charge in [0.15, 0.2) is 15.6 Å². The number of hydrogen-bond donors (Lipinski definition) is 2. The van der Waals surface area contributed by atoms with Crippen molar-refractivity contribution >= 4 is 77.3 Å². The van der Waals surface area contributed by atoms with Crippen LogP contribution in [0.2, 0.25) is 0 Å². The number of hydrogen-bond acceptors (Lipinski definition) is 6. The second-order valence-corrected chi connectivity index (χ2v) is 6.83. The Morgan fingerprint density at radius 2 is 2.09 bits per heavy atom. The van der Waals surface area contributed by atoms with Crippen molar-refractivity contribution < 1.29 is 4.42 Å². The van der Waals surface area contributed by atoms with Gasteiger partial charge in [0.1, 0.15) is 5.58 Å². The van der Waals surface area contributed by atoms with Crippen LogP contribution in [0.3, 0.4) is 0 Å². The van der Waals surface area contributed by atoms with E-state index in [1.54, 1.807) is 13.1 Å². The summed E-state index contributed by atoms with van der Waals surface area (Å²) in [6.07, 6.45) is 0. The Morgan fingerprint density at radius 1 is 1.41 bits per heavy atom. The number of hydrazine groups is 1. The van der Waals surface area contributed by atoms with Crippen molar-refractivity contribution in [2.24, 2.45) is 5.84 Å². The van der Waals surface area contributed by atoms with Gasteiger partial charge in [0.25, 0.3) is 0 Å². The fourth-order valence-electron chi connectivity index (χ4n) is 1.86. The molecule has 0 aliphatic rings. The lowest BCUT2D eigenvalue weighted by Gasteiger charge is -2.18. The fourth-order valence-corrected chi connectivity index (χ4v) is 3.41. The molecule has 2 aromatic rings.